The first-order valence-electron chi connectivity index (χ1n) is 6.80. The Morgan fingerprint density at radius 1 is 1.33 bits per heavy atom. The summed E-state index contributed by atoms with van der Waals surface area (Å²) in [4.78, 5) is 11.9. The molecule has 0 fully saturated rings. The Morgan fingerprint density at radius 2 is 1.94 bits per heavy atom. The van der Waals surface area contributed by atoms with E-state index in [9.17, 15) is 4.79 Å². The molecule has 0 aromatic heterocycles. The van der Waals surface area contributed by atoms with Gasteiger partial charge in [0.05, 0.1) is 0 Å². The van der Waals surface area contributed by atoms with Crippen LogP contribution in [-0.2, 0) is 4.79 Å². The summed E-state index contributed by atoms with van der Waals surface area (Å²) < 4.78 is 0. The molecule has 0 saturated heterocycles. The average Bonchev–Trinajstić information content (AvgIpc) is 2.25. The molecule has 0 aliphatic carbocycles. The summed E-state index contributed by atoms with van der Waals surface area (Å²) in [6.45, 7) is 14.1. The van der Waals surface area contributed by atoms with Crippen molar-refractivity contribution >= 4 is 5.78 Å². The fourth-order valence-electron chi connectivity index (χ4n) is 1.80. The third-order valence-corrected chi connectivity index (χ3v) is 3.00. The molecule has 0 N–H and O–H groups in total. The molecule has 1 nitrogen and oxygen atoms in total. The molecule has 0 spiro atoms. The molecule has 1 unspecified atom stereocenters. The van der Waals surface area contributed by atoms with Gasteiger partial charge in [-0.3, -0.25) is 4.79 Å². The largest absolute Gasteiger partial charge is 0.295 e. The van der Waals surface area contributed by atoms with Crippen molar-refractivity contribution in [3.05, 3.63) is 36.5 Å². The van der Waals surface area contributed by atoms with Crippen LogP contribution in [0, 0.1) is 11.3 Å². The van der Waals surface area contributed by atoms with Crippen LogP contribution < -0.4 is 0 Å². The third-order valence-electron chi connectivity index (χ3n) is 3.00. The third kappa shape index (κ3) is 8.05. The van der Waals surface area contributed by atoms with Crippen LogP contribution >= 0.6 is 0 Å². The molecular formula is C17H28O. The Bertz CT molecular complexity index is 332. The van der Waals surface area contributed by atoms with Crippen LogP contribution in [0.25, 0.3) is 0 Å². The summed E-state index contributed by atoms with van der Waals surface area (Å²) >= 11 is 0. The molecule has 0 amide bonds. The van der Waals surface area contributed by atoms with Crippen LogP contribution in [0.5, 0.6) is 0 Å². The lowest BCUT2D eigenvalue weighted by atomic mass is 9.90. The van der Waals surface area contributed by atoms with E-state index in [0.717, 1.165) is 19.3 Å². The maximum atomic E-state index is 11.9. The van der Waals surface area contributed by atoms with Crippen molar-refractivity contribution in [1.29, 1.82) is 0 Å². The topological polar surface area (TPSA) is 17.1 Å². The predicted octanol–water partition coefficient (Wildman–Crippen LogP) is 5.10. The van der Waals surface area contributed by atoms with Crippen LogP contribution in [0.3, 0.4) is 0 Å². The fraction of sp³-hybridized carbons (Fsp3) is 0.588. The molecule has 0 saturated carbocycles. The van der Waals surface area contributed by atoms with Gasteiger partial charge in [0.1, 0.15) is 0 Å². The van der Waals surface area contributed by atoms with Crippen LogP contribution in [0.15, 0.2) is 36.5 Å². The van der Waals surface area contributed by atoms with E-state index < -0.39 is 0 Å². The molecule has 0 rings (SSSR count). The van der Waals surface area contributed by atoms with Gasteiger partial charge in [0, 0.05) is 11.3 Å². The van der Waals surface area contributed by atoms with Gasteiger partial charge in [0.15, 0.2) is 5.78 Å². The number of carbonyl (C=O) groups excluding carboxylic acids is 1. The van der Waals surface area contributed by atoms with Crippen LogP contribution in [0.1, 0.15) is 53.9 Å². The lowest BCUT2D eigenvalue weighted by Gasteiger charge is -2.14. The van der Waals surface area contributed by atoms with E-state index in [2.05, 4.69) is 26.5 Å². The number of ketones is 1. The van der Waals surface area contributed by atoms with Crippen LogP contribution in [0.4, 0.5) is 0 Å². The van der Waals surface area contributed by atoms with Crippen LogP contribution in [0.2, 0.25) is 0 Å². The molecule has 0 heterocycles. The molecule has 0 aliphatic rings. The Hall–Kier alpha value is -1.11. The smallest absolute Gasteiger partial charge is 0.158 e. The van der Waals surface area contributed by atoms with E-state index in [1.54, 1.807) is 6.08 Å². The van der Waals surface area contributed by atoms with Gasteiger partial charge >= 0.3 is 0 Å². The SMILES string of the molecule is C=C(C)CCCC(C)C(=O)/C=C/C(C)(C)/C=C/C. The van der Waals surface area contributed by atoms with Gasteiger partial charge in [0.25, 0.3) is 0 Å². The number of rotatable bonds is 8. The standard InChI is InChI=1S/C17H28O/c1-7-12-17(5,6)13-11-16(18)15(4)10-8-9-14(2)3/h7,11-13,15H,2,8-10H2,1,3-6H3/b12-7+,13-11+. The van der Waals surface area contributed by atoms with Crippen molar-refractivity contribution < 1.29 is 4.79 Å². The number of carbonyl (C=O) groups is 1. The highest BCUT2D eigenvalue weighted by Crippen LogP contribution is 2.20. The second-order valence-corrected chi connectivity index (χ2v) is 5.81. The second-order valence-electron chi connectivity index (χ2n) is 5.81. The first kappa shape index (κ1) is 16.9. The summed E-state index contributed by atoms with van der Waals surface area (Å²) in [5, 5.41) is 0. The highest BCUT2D eigenvalue weighted by Gasteiger charge is 2.12. The minimum atomic E-state index is -0.0398. The fourth-order valence-corrected chi connectivity index (χ4v) is 1.80. The molecule has 1 atom stereocenters. The van der Waals surface area contributed by atoms with E-state index in [1.165, 1.54) is 5.57 Å². The summed E-state index contributed by atoms with van der Waals surface area (Å²) in [7, 11) is 0. The van der Waals surface area contributed by atoms with Gasteiger partial charge in [-0.05, 0) is 39.2 Å². The quantitative estimate of drug-likeness (QED) is 0.431. The maximum Gasteiger partial charge on any atom is 0.158 e. The van der Waals surface area contributed by atoms with E-state index in [0.29, 0.717) is 0 Å². The zero-order chi connectivity index (χ0) is 14.2. The van der Waals surface area contributed by atoms with Crippen molar-refractivity contribution in [1.82, 2.24) is 0 Å². The van der Waals surface area contributed by atoms with Gasteiger partial charge in [-0.25, -0.2) is 0 Å². The molecule has 102 valence electrons. The Labute approximate surface area is 113 Å². The van der Waals surface area contributed by atoms with Crippen molar-refractivity contribution in [2.24, 2.45) is 11.3 Å². The molecular weight excluding hydrogens is 220 g/mol. The monoisotopic (exact) mass is 248 g/mol. The lowest BCUT2D eigenvalue weighted by molar-refractivity contribution is -0.117. The van der Waals surface area contributed by atoms with Crippen molar-refractivity contribution in [2.75, 3.05) is 0 Å². The average molecular weight is 248 g/mol. The van der Waals surface area contributed by atoms with Crippen molar-refractivity contribution in [2.45, 2.75) is 53.9 Å². The van der Waals surface area contributed by atoms with Crippen molar-refractivity contribution in [3.8, 4) is 0 Å². The molecule has 0 aliphatic heterocycles. The Morgan fingerprint density at radius 3 is 2.44 bits per heavy atom. The first-order valence-corrected chi connectivity index (χ1v) is 6.80. The van der Waals surface area contributed by atoms with Gasteiger partial charge < -0.3 is 0 Å². The van der Waals surface area contributed by atoms with Crippen molar-refractivity contribution in [3.63, 3.8) is 0 Å². The lowest BCUT2D eigenvalue weighted by Crippen LogP contribution is -2.10. The normalized spacial score (nSPS) is 14.3. The van der Waals surface area contributed by atoms with E-state index in [4.69, 9.17) is 0 Å². The second kappa shape index (κ2) is 8.07. The number of allylic oxidation sites excluding steroid dienone is 5. The zero-order valence-corrected chi connectivity index (χ0v) is 12.6. The minimum absolute atomic E-state index is 0.0398. The molecule has 0 aromatic rings. The summed E-state index contributed by atoms with van der Waals surface area (Å²) in [6.07, 6.45) is 10.9. The zero-order valence-electron chi connectivity index (χ0n) is 12.6. The van der Waals surface area contributed by atoms with E-state index >= 15 is 0 Å². The van der Waals surface area contributed by atoms with E-state index in [1.807, 2.05) is 32.9 Å². The first-order chi connectivity index (χ1) is 8.28. The van der Waals surface area contributed by atoms with Gasteiger partial charge in [-0.1, -0.05) is 44.6 Å². The minimum Gasteiger partial charge on any atom is -0.295 e. The Balaban J connectivity index is 4.23. The molecule has 18 heavy (non-hydrogen) atoms. The Kier molecular flexibility index (Phi) is 7.58. The molecule has 1 heteroatoms. The predicted molar refractivity (Wildman–Crippen MR) is 80.6 cm³/mol. The molecule has 0 radical (unpaired) electrons. The highest BCUT2D eigenvalue weighted by atomic mass is 16.1. The summed E-state index contributed by atoms with van der Waals surface area (Å²) in [5.74, 6) is 0.344. The molecule has 0 aromatic carbocycles. The number of hydrogen-bond acceptors (Lipinski definition) is 1. The summed E-state index contributed by atoms with van der Waals surface area (Å²) in [5.41, 5.74) is 1.15. The highest BCUT2D eigenvalue weighted by molar-refractivity contribution is 5.91. The maximum absolute atomic E-state index is 11.9. The molecule has 0 bridgehead atoms. The van der Waals surface area contributed by atoms with Gasteiger partial charge in [0.2, 0.25) is 0 Å². The van der Waals surface area contributed by atoms with E-state index in [-0.39, 0.29) is 17.1 Å². The van der Waals surface area contributed by atoms with Gasteiger partial charge in [-0.15, -0.1) is 6.58 Å². The van der Waals surface area contributed by atoms with Crippen LogP contribution in [-0.4, -0.2) is 5.78 Å². The van der Waals surface area contributed by atoms with Gasteiger partial charge in [-0.2, -0.15) is 0 Å². The number of hydrogen-bond donors (Lipinski definition) is 0. The summed E-state index contributed by atoms with van der Waals surface area (Å²) in [6, 6.07) is 0.